The molecule has 2 rings (SSSR count). The number of nitro groups is 1. The molecule has 0 saturated heterocycles. The number of aromatic nitrogens is 2. The molecule has 1 heterocycles. The van der Waals surface area contributed by atoms with Crippen molar-refractivity contribution in [2.45, 2.75) is 20.3 Å². The summed E-state index contributed by atoms with van der Waals surface area (Å²) in [7, 11) is 0. The van der Waals surface area contributed by atoms with Gasteiger partial charge in [-0.25, -0.2) is 9.97 Å². The Morgan fingerprint density at radius 3 is 2.71 bits per heavy atom. The fraction of sp³-hybridized carbons (Fsp3) is 0.286. The summed E-state index contributed by atoms with van der Waals surface area (Å²) < 4.78 is 0.831. The van der Waals surface area contributed by atoms with Crippen LogP contribution in [-0.2, 0) is 6.42 Å². The Bertz CT molecular complexity index is 692. The molecule has 21 heavy (non-hydrogen) atoms. The van der Waals surface area contributed by atoms with Crippen LogP contribution in [0.5, 0.6) is 0 Å². The van der Waals surface area contributed by atoms with Gasteiger partial charge in [0.1, 0.15) is 5.15 Å². The van der Waals surface area contributed by atoms with Crippen LogP contribution in [0.4, 0.5) is 5.69 Å². The minimum atomic E-state index is -0.438. The van der Waals surface area contributed by atoms with E-state index in [0.29, 0.717) is 22.5 Å². The topological polar surface area (TPSA) is 68.9 Å². The van der Waals surface area contributed by atoms with Gasteiger partial charge < -0.3 is 0 Å². The van der Waals surface area contributed by atoms with Crippen molar-refractivity contribution in [3.63, 3.8) is 0 Å². The molecule has 0 N–H and O–H groups in total. The van der Waals surface area contributed by atoms with Crippen molar-refractivity contribution in [2.24, 2.45) is 5.92 Å². The largest absolute Gasteiger partial charge is 0.270 e. The van der Waals surface area contributed by atoms with Gasteiger partial charge in [-0.15, -0.1) is 0 Å². The van der Waals surface area contributed by atoms with Crippen LogP contribution < -0.4 is 0 Å². The first-order valence-corrected chi connectivity index (χ1v) is 7.81. The maximum absolute atomic E-state index is 10.9. The highest BCUT2D eigenvalue weighted by Crippen LogP contribution is 2.27. The van der Waals surface area contributed by atoms with E-state index in [9.17, 15) is 10.1 Å². The van der Waals surface area contributed by atoms with Crippen molar-refractivity contribution in [3.05, 3.63) is 48.8 Å². The normalized spacial score (nSPS) is 10.9. The van der Waals surface area contributed by atoms with E-state index in [1.54, 1.807) is 12.1 Å². The Balaban J connectivity index is 2.51. The highest BCUT2D eigenvalue weighted by atomic mass is 127. The summed E-state index contributed by atoms with van der Waals surface area (Å²) in [6.07, 6.45) is 0.780. The van der Waals surface area contributed by atoms with Crippen molar-refractivity contribution in [2.75, 3.05) is 0 Å². The molecular weight excluding hydrogens is 405 g/mol. The second kappa shape index (κ2) is 6.65. The predicted octanol–water partition coefficient (Wildman–Crippen LogP) is 4.51. The molecule has 2 aromatic rings. The van der Waals surface area contributed by atoms with E-state index in [0.717, 1.165) is 15.7 Å². The van der Waals surface area contributed by atoms with Gasteiger partial charge in [0.15, 0.2) is 5.82 Å². The van der Waals surface area contributed by atoms with E-state index >= 15 is 0 Å². The van der Waals surface area contributed by atoms with Gasteiger partial charge in [0.2, 0.25) is 0 Å². The monoisotopic (exact) mass is 417 g/mol. The zero-order chi connectivity index (χ0) is 15.6. The van der Waals surface area contributed by atoms with Crippen molar-refractivity contribution < 1.29 is 4.92 Å². The number of rotatable bonds is 4. The lowest BCUT2D eigenvalue weighted by molar-refractivity contribution is -0.384. The first-order chi connectivity index (χ1) is 9.88. The van der Waals surface area contributed by atoms with Crippen molar-refractivity contribution >= 4 is 39.9 Å². The molecule has 0 aliphatic carbocycles. The maximum Gasteiger partial charge on any atom is 0.270 e. The smallest absolute Gasteiger partial charge is 0.258 e. The number of halogens is 2. The second-order valence-electron chi connectivity index (χ2n) is 5.00. The zero-order valence-electron chi connectivity index (χ0n) is 11.5. The molecule has 7 heteroatoms. The van der Waals surface area contributed by atoms with Gasteiger partial charge in [-0.1, -0.05) is 37.6 Å². The van der Waals surface area contributed by atoms with Gasteiger partial charge in [-0.05, 0) is 34.9 Å². The molecular formula is C14H13ClIN3O2. The van der Waals surface area contributed by atoms with Gasteiger partial charge in [-0.3, -0.25) is 10.1 Å². The number of benzene rings is 1. The molecule has 0 bridgehead atoms. The van der Waals surface area contributed by atoms with Crippen molar-refractivity contribution in [1.82, 2.24) is 9.97 Å². The summed E-state index contributed by atoms with van der Waals surface area (Å²) >= 11 is 8.29. The first-order valence-electron chi connectivity index (χ1n) is 6.35. The second-order valence-corrected chi connectivity index (χ2v) is 6.44. The third-order valence-electron chi connectivity index (χ3n) is 2.80. The average Bonchev–Trinajstić information content (AvgIpc) is 2.43. The van der Waals surface area contributed by atoms with Crippen molar-refractivity contribution in [1.29, 1.82) is 0 Å². The summed E-state index contributed by atoms with van der Waals surface area (Å²) in [4.78, 5) is 19.2. The molecule has 0 aliphatic rings. The minimum absolute atomic E-state index is 0.0104. The molecule has 0 fully saturated rings. The molecule has 1 aromatic carbocycles. The Labute approximate surface area is 141 Å². The molecule has 5 nitrogen and oxygen atoms in total. The molecule has 0 unspecified atom stereocenters. The number of nitrogens with zero attached hydrogens (tertiary/aromatic N) is 3. The van der Waals surface area contributed by atoms with E-state index in [2.05, 4.69) is 46.4 Å². The maximum atomic E-state index is 10.9. The van der Waals surface area contributed by atoms with Crippen LogP contribution in [0.3, 0.4) is 0 Å². The van der Waals surface area contributed by atoms with E-state index in [1.165, 1.54) is 12.1 Å². The average molecular weight is 418 g/mol. The molecule has 0 aliphatic heterocycles. The van der Waals surface area contributed by atoms with Crippen LogP contribution in [0.1, 0.15) is 19.5 Å². The fourth-order valence-corrected chi connectivity index (χ4v) is 2.52. The Hall–Kier alpha value is -1.28. The standard InChI is InChI=1S/C14H13ClIN3O2/c1-8(2)6-11-12(16)13(15)18-14(17-11)9-4-3-5-10(7-9)19(20)21/h3-5,7-8H,6H2,1-2H3. The highest BCUT2D eigenvalue weighted by molar-refractivity contribution is 14.1. The van der Waals surface area contributed by atoms with Gasteiger partial charge >= 0.3 is 0 Å². The van der Waals surface area contributed by atoms with Crippen LogP contribution in [-0.4, -0.2) is 14.9 Å². The third-order valence-corrected chi connectivity index (χ3v) is 4.52. The predicted molar refractivity (Wildman–Crippen MR) is 90.4 cm³/mol. The number of nitro benzene ring substituents is 1. The van der Waals surface area contributed by atoms with E-state index in [-0.39, 0.29) is 5.69 Å². The minimum Gasteiger partial charge on any atom is -0.258 e. The molecule has 0 atom stereocenters. The highest BCUT2D eigenvalue weighted by Gasteiger charge is 2.15. The summed E-state index contributed by atoms with van der Waals surface area (Å²) in [5.74, 6) is 0.849. The summed E-state index contributed by atoms with van der Waals surface area (Å²) in [5, 5.41) is 11.2. The number of hydrogen-bond donors (Lipinski definition) is 0. The lowest BCUT2D eigenvalue weighted by Crippen LogP contribution is -2.04. The van der Waals surface area contributed by atoms with E-state index < -0.39 is 4.92 Å². The quantitative estimate of drug-likeness (QED) is 0.318. The van der Waals surface area contributed by atoms with E-state index in [4.69, 9.17) is 11.6 Å². The Morgan fingerprint density at radius 1 is 1.38 bits per heavy atom. The molecule has 0 spiro atoms. The summed E-state index contributed by atoms with van der Waals surface area (Å²) in [6.45, 7) is 4.19. The van der Waals surface area contributed by atoms with Gasteiger partial charge in [0, 0.05) is 17.7 Å². The lowest BCUT2D eigenvalue weighted by atomic mass is 10.1. The van der Waals surface area contributed by atoms with Crippen LogP contribution in [0.25, 0.3) is 11.4 Å². The number of non-ortho nitro benzene ring substituents is 1. The van der Waals surface area contributed by atoms with Crippen LogP contribution >= 0.6 is 34.2 Å². The molecule has 0 radical (unpaired) electrons. The van der Waals surface area contributed by atoms with Gasteiger partial charge in [-0.2, -0.15) is 0 Å². The first kappa shape index (κ1) is 16.1. The fourth-order valence-electron chi connectivity index (χ4n) is 1.87. The van der Waals surface area contributed by atoms with E-state index in [1.807, 2.05) is 0 Å². The van der Waals surface area contributed by atoms with Crippen LogP contribution in [0.15, 0.2) is 24.3 Å². The summed E-state index contributed by atoms with van der Waals surface area (Å²) in [5.41, 5.74) is 1.47. The number of hydrogen-bond acceptors (Lipinski definition) is 4. The SMILES string of the molecule is CC(C)Cc1nc(-c2cccc([N+](=O)[O-])c2)nc(Cl)c1I. The zero-order valence-corrected chi connectivity index (χ0v) is 14.4. The molecule has 0 amide bonds. The van der Waals surface area contributed by atoms with Crippen LogP contribution in [0.2, 0.25) is 5.15 Å². The third kappa shape index (κ3) is 3.88. The Kier molecular flexibility index (Phi) is 5.10. The van der Waals surface area contributed by atoms with Crippen LogP contribution in [0, 0.1) is 19.6 Å². The molecule has 110 valence electrons. The Morgan fingerprint density at radius 2 is 2.10 bits per heavy atom. The molecule has 1 aromatic heterocycles. The summed E-state index contributed by atoms with van der Waals surface area (Å²) in [6, 6.07) is 6.25. The molecule has 0 saturated carbocycles. The van der Waals surface area contributed by atoms with Gasteiger partial charge in [0.05, 0.1) is 14.2 Å². The van der Waals surface area contributed by atoms with Gasteiger partial charge in [0.25, 0.3) is 5.69 Å². The van der Waals surface area contributed by atoms with Crippen molar-refractivity contribution in [3.8, 4) is 11.4 Å². The lowest BCUT2D eigenvalue weighted by Gasteiger charge is -2.10.